The van der Waals surface area contributed by atoms with Crippen LogP contribution in [0, 0.1) is 0 Å². The molecule has 0 amide bonds. The second-order valence-corrected chi connectivity index (χ2v) is 5.58. The zero-order valence-electron chi connectivity index (χ0n) is 13.3. The molecule has 0 saturated heterocycles. The van der Waals surface area contributed by atoms with Crippen LogP contribution in [0.2, 0.25) is 0 Å². The van der Waals surface area contributed by atoms with Crippen molar-refractivity contribution >= 4 is 11.8 Å². The standard InChI is InChI=1S/C17H26FNOS/c1-6-17(4)21-13-9-12-19(5)15(2)10-7-8-11-16(3)20-14-18/h7-9,11,13H,2,4,6,10,12,14H2,1,3,5H3/b8-7+,13-9-,16-11+. The van der Waals surface area contributed by atoms with E-state index in [4.69, 9.17) is 0 Å². The van der Waals surface area contributed by atoms with Gasteiger partial charge in [0.15, 0.2) is 0 Å². The van der Waals surface area contributed by atoms with Gasteiger partial charge in [-0.05, 0) is 29.7 Å². The first-order valence-electron chi connectivity index (χ1n) is 6.91. The van der Waals surface area contributed by atoms with E-state index in [0.29, 0.717) is 5.76 Å². The van der Waals surface area contributed by atoms with Crippen molar-refractivity contribution in [1.29, 1.82) is 0 Å². The summed E-state index contributed by atoms with van der Waals surface area (Å²) in [5.74, 6) is 0.559. The molecule has 0 N–H and O–H groups in total. The maximum atomic E-state index is 11.9. The normalized spacial score (nSPS) is 12.1. The van der Waals surface area contributed by atoms with E-state index in [-0.39, 0.29) is 0 Å². The van der Waals surface area contributed by atoms with Crippen molar-refractivity contribution in [2.75, 3.05) is 20.5 Å². The van der Waals surface area contributed by atoms with E-state index >= 15 is 0 Å². The smallest absolute Gasteiger partial charge is 0.228 e. The fraction of sp³-hybridized carbons (Fsp3) is 0.412. The molecular formula is C17H26FNOS. The SMILES string of the molecule is C=C(CC)S/C=C\CN(C)C(=C)C/C=C/C=C(\C)OCF. The second kappa shape index (κ2) is 12.3. The number of thioether (sulfide) groups is 1. The fourth-order valence-corrected chi connectivity index (χ4v) is 1.80. The summed E-state index contributed by atoms with van der Waals surface area (Å²) >= 11 is 1.66. The molecule has 0 heterocycles. The van der Waals surface area contributed by atoms with E-state index in [1.807, 2.05) is 19.2 Å². The van der Waals surface area contributed by atoms with Crippen LogP contribution in [0.25, 0.3) is 0 Å². The van der Waals surface area contributed by atoms with E-state index in [1.165, 1.54) is 0 Å². The van der Waals surface area contributed by atoms with Crippen LogP contribution in [-0.2, 0) is 4.74 Å². The number of hydrogen-bond acceptors (Lipinski definition) is 3. The third-order valence-corrected chi connectivity index (χ3v) is 3.70. The highest BCUT2D eigenvalue weighted by Crippen LogP contribution is 2.17. The average Bonchev–Trinajstić information content (AvgIpc) is 2.47. The molecule has 0 bridgehead atoms. The Hall–Kier alpha value is -1.42. The average molecular weight is 311 g/mol. The van der Waals surface area contributed by atoms with Gasteiger partial charge in [0.25, 0.3) is 0 Å². The summed E-state index contributed by atoms with van der Waals surface area (Å²) in [6.07, 6.45) is 9.39. The van der Waals surface area contributed by atoms with Crippen LogP contribution in [0.3, 0.4) is 0 Å². The lowest BCUT2D eigenvalue weighted by atomic mass is 10.2. The summed E-state index contributed by atoms with van der Waals surface area (Å²) < 4.78 is 16.6. The van der Waals surface area contributed by atoms with Gasteiger partial charge in [0.05, 0.1) is 5.76 Å². The van der Waals surface area contributed by atoms with E-state index in [9.17, 15) is 4.39 Å². The second-order valence-electron chi connectivity index (χ2n) is 4.49. The molecule has 0 aromatic carbocycles. The minimum Gasteiger partial charge on any atom is -0.468 e. The van der Waals surface area contributed by atoms with Crippen LogP contribution in [-0.4, -0.2) is 25.4 Å². The van der Waals surface area contributed by atoms with Gasteiger partial charge in [-0.2, -0.15) is 0 Å². The lowest BCUT2D eigenvalue weighted by molar-refractivity contribution is 0.117. The van der Waals surface area contributed by atoms with Gasteiger partial charge in [-0.15, -0.1) is 11.8 Å². The Morgan fingerprint density at radius 3 is 2.67 bits per heavy atom. The highest BCUT2D eigenvalue weighted by Gasteiger charge is 1.97. The molecule has 0 rings (SSSR count). The first-order valence-corrected chi connectivity index (χ1v) is 7.79. The summed E-state index contributed by atoms with van der Waals surface area (Å²) in [6, 6.07) is 0. The molecular weight excluding hydrogens is 285 g/mol. The van der Waals surface area contributed by atoms with Crippen molar-refractivity contribution in [1.82, 2.24) is 4.90 Å². The van der Waals surface area contributed by atoms with Crippen molar-refractivity contribution < 1.29 is 9.13 Å². The maximum Gasteiger partial charge on any atom is 0.228 e. The Morgan fingerprint density at radius 2 is 2.05 bits per heavy atom. The molecule has 118 valence electrons. The Kier molecular flexibility index (Phi) is 11.5. The van der Waals surface area contributed by atoms with Gasteiger partial charge in [-0.25, -0.2) is 4.39 Å². The molecule has 0 aliphatic heterocycles. The molecule has 0 atom stereocenters. The van der Waals surface area contributed by atoms with Gasteiger partial charge in [0, 0.05) is 25.7 Å². The highest BCUT2D eigenvalue weighted by atomic mass is 32.2. The van der Waals surface area contributed by atoms with Crippen molar-refractivity contribution in [2.24, 2.45) is 0 Å². The molecule has 2 nitrogen and oxygen atoms in total. The summed E-state index contributed by atoms with van der Waals surface area (Å²) in [6.45, 7) is 11.8. The predicted molar refractivity (Wildman–Crippen MR) is 92.5 cm³/mol. The molecule has 0 saturated carbocycles. The van der Waals surface area contributed by atoms with E-state index in [1.54, 1.807) is 24.8 Å². The van der Waals surface area contributed by atoms with Crippen molar-refractivity contribution in [2.45, 2.75) is 26.7 Å². The molecule has 0 aromatic heterocycles. The number of alkyl halides is 1. The Balaban J connectivity index is 4.02. The first kappa shape index (κ1) is 19.6. The number of ether oxygens (including phenoxy) is 1. The molecule has 0 unspecified atom stereocenters. The molecule has 0 aromatic rings. The number of likely N-dealkylation sites (N-methyl/N-ethyl adjacent to an activating group) is 1. The zero-order valence-corrected chi connectivity index (χ0v) is 14.1. The summed E-state index contributed by atoms with van der Waals surface area (Å²) in [7, 11) is 2.01. The largest absolute Gasteiger partial charge is 0.468 e. The molecule has 0 radical (unpaired) electrons. The number of hydrogen-bond donors (Lipinski definition) is 0. The third kappa shape index (κ3) is 11.0. The maximum absolute atomic E-state index is 11.9. The highest BCUT2D eigenvalue weighted by molar-refractivity contribution is 8.05. The van der Waals surface area contributed by atoms with Gasteiger partial charge in [-0.1, -0.05) is 38.3 Å². The quantitative estimate of drug-likeness (QED) is 0.374. The number of halogens is 1. The summed E-state index contributed by atoms with van der Waals surface area (Å²) in [5.41, 5.74) is 1.02. The lowest BCUT2D eigenvalue weighted by Gasteiger charge is -2.18. The van der Waals surface area contributed by atoms with E-state index in [2.05, 4.69) is 41.2 Å². The molecule has 21 heavy (non-hydrogen) atoms. The topological polar surface area (TPSA) is 12.5 Å². The number of rotatable bonds is 11. The minimum atomic E-state index is -0.791. The van der Waals surface area contributed by atoms with Gasteiger partial charge in [0.2, 0.25) is 6.86 Å². The van der Waals surface area contributed by atoms with Crippen LogP contribution in [0.5, 0.6) is 0 Å². The molecule has 0 aliphatic carbocycles. The van der Waals surface area contributed by atoms with Crippen LogP contribution in [0.15, 0.2) is 59.2 Å². The summed E-state index contributed by atoms with van der Waals surface area (Å²) in [4.78, 5) is 3.25. The molecule has 0 aliphatic rings. The van der Waals surface area contributed by atoms with Crippen molar-refractivity contribution in [3.63, 3.8) is 0 Å². The molecule has 0 spiro atoms. The Bertz CT molecular complexity index is 413. The fourth-order valence-electron chi connectivity index (χ4n) is 1.26. The molecule has 0 fully saturated rings. The molecule has 4 heteroatoms. The first-order chi connectivity index (χ1) is 10.0. The van der Waals surface area contributed by atoms with Crippen LogP contribution in [0.1, 0.15) is 26.7 Å². The van der Waals surface area contributed by atoms with E-state index in [0.717, 1.165) is 30.0 Å². The number of allylic oxidation sites excluding steroid dienone is 5. The Labute approximate surface area is 132 Å². The Morgan fingerprint density at radius 1 is 1.33 bits per heavy atom. The van der Waals surface area contributed by atoms with Gasteiger partial charge in [-0.3, -0.25) is 0 Å². The number of nitrogens with zero attached hydrogens (tertiary/aromatic N) is 1. The van der Waals surface area contributed by atoms with Crippen molar-refractivity contribution in [3.05, 3.63) is 59.2 Å². The minimum absolute atomic E-state index is 0.559. The monoisotopic (exact) mass is 311 g/mol. The lowest BCUT2D eigenvalue weighted by Crippen LogP contribution is -2.16. The van der Waals surface area contributed by atoms with Crippen LogP contribution >= 0.6 is 11.8 Å². The zero-order chi connectivity index (χ0) is 16.1. The van der Waals surface area contributed by atoms with Gasteiger partial charge >= 0.3 is 0 Å². The van der Waals surface area contributed by atoms with Crippen LogP contribution in [0.4, 0.5) is 4.39 Å². The third-order valence-electron chi connectivity index (χ3n) is 2.75. The van der Waals surface area contributed by atoms with Crippen LogP contribution < -0.4 is 0 Å². The summed E-state index contributed by atoms with van der Waals surface area (Å²) in [5, 5.41) is 2.06. The van der Waals surface area contributed by atoms with Gasteiger partial charge in [0.1, 0.15) is 0 Å². The van der Waals surface area contributed by atoms with Crippen molar-refractivity contribution in [3.8, 4) is 0 Å². The van der Waals surface area contributed by atoms with Gasteiger partial charge < -0.3 is 9.64 Å². The van der Waals surface area contributed by atoms with E-state index < -0.39 is 6.86 Å². The predicted octanol–water partition coefficient (Wildman–Crippen LogP) is 5.40.